The number of hydrogen-bond acceptors (Lipinski definition) is 5. The van der Waals surface area contributed by atoms with Crippen molar-refractivity contribution in [2.24, 2.45) is 0 Å². The van der Waals surface area contributed by atoms with E-state index in [1.54, 1.807) is 17.4 Å². The molecule has 0 atom stereocenters. The van der Waals surface area contributed by atoms with Gasteiger partial charge in [0.25, 0.3) is 11.6 Å². The van der Waals surface area contributed by atoms with E-state index in [1.807, 2.05) is 13.8 Å². The number of benzene rings is 2. The van der Waals surface area contributed by atoms with Gasteiger partial charge >= 0.3 is 0 Å². The number of nitro groups is 1. The van der Waals surface area contributed by atoms with Crippen molar-refractivity contribution in [1.29, 1.82) is 0 Å². The standard InChI is InChI=1S/C20H19N3O3S/c1-13-6-8-15(9-7-13)20-22-14(2)18(27-20)10-11-21-19(24)16-4-3-5-17(12-16)23(25)26/h3-9,12H,10-11H2,1-2H3,(H,21,24). The van der Waals surface area contributed by atoms with Crippen molar-refractivity contribution in [1.82, 2.24) is 10.3 Å². The molecule has 1 amide bonds. The van der Waals surface area contributed by atoms with Gasteiger partial charge in [-0.3, -0.25) is 14.9 Å². The molecular weight excluding hydrogens is 362 g/mol. The molecule has 3 rings (SSSR count). The van der Waals surface area contributed by atoms with Crippen LogP contribution in [0.1, 0.15) is 26.5 Å². The fourth-order valence-electron chi connectivity index (χ4n) is 2.63. The van der Waals surface area contributed by atoms with Crippen LogP contribution in [0.25, 0.3) is 10.6 Å². The van der Waals surface area contributed by atoms with Crippen molar-refractivity contribution >= 4 is 22.9 Å². The molecule has 2 aromatic carbocycles. The lowest BCUT2D eigenvalue weighted by Crippen LogP contribution is -2.25. The minimum Gasteiger partial charge on any atom is -0.352 e. The van der Waals surface area contributed by atoms with E-state index in [0.29, 0.717) is 13.0 Å². The van der Waals surface area contributed by atoms with Crippen LogP contribution in [0.15, 0.2) is 48.5 Å². The van der Waals surface area contributed by atoms with Gasteiger partial charge in [0.2, 0.25) is 0 Å². The number of aromatic nitrogens is 1. The Labute approximate surface area is 161 Å². The maximum atomic E-state index is 12.2. The smallest absolute Gasteiger partial charge is 0.270 e. The second kappa shape index (κ2) is 8.09. The lowest BCUT2D eigenvalue weighted by Gasteiger charge is -2.04. The van der Waals surface area contributed by atoms with Crippen molar-refractivity contribution in [2.75, 3.05) is 6.54 Å². The number of nitrogens with one attached hydrogen (secondary N) is 1. The molecule has 0 aliphatic carbocycles. The number of amides is 1. The van der Waals surface area contributed by atoms with Gasteiger partial charge in [-0.2, -0.15) is 0 Å². The SMILES string of the molecule is Cc1ccc(-c2nc(C)c(CCNC(=O)c3cccc([N+](=O)[O-])c3)s2)cc1. The molecule has 138 valence electrons. The summed E-state index contributed by atoms with van der Waals surface area (Å²) in [6.45, 7) is 4.45. The van der Waals surface area contributed by atoms with Gasteiger partial charge in [0, 0.05) is 41.1 Å². The Morgan fingerprint density at radius 3 is 2.63 bits per heavy atom. The van der Waals surface area contributed by atoms with Crippen molar-refractivity contribution in [3.63, 3.8) is 0 Å². The first-order valence-electron chi connectivity index (χ1n) is 8.50. The average Bonchev–Trinajstić information content (AvgIpc) is 3.03. The fourth-order valence-corrected chi connectivity index (χ4v) is 3.70. The Kier molecular flexibility index (Phi) is 5.61. The Hall–Kier alpha value is -3.06. The number of hydrogen-bond donors (Lipinski definition) is 1. The molecule has 0 spiro atoms. The number of rotatable bonds is 6. The van der Waals surface area contributed by atoms with Crippen molar-refractivity contribution in [3.8, 4) is 10.6 Å². The van der Waals surface area contributed by atoms with E-state index < -0.39 is 4.92 Å². The predicted octanol–water partition coefficient (Wildman–Crippen LogP) is 4.31. The average molecular weight is 381 g/mol. The van der Waals surface area contributed by atoms with Gasteiger partial charge < -0.3 is 5.32 Å². The Morgan fingerprint density at radius 2 is 1.93 bits per heavy atom. The van der Waals surface area contributed by atoms with Gasteiger partial charge in [0.1, 0.15) is 5.01 Å². The van der Waals surface area contributed by atoms with Gasteiger partial charge in [-0.15, -0.1) is 11.3 Å². The zero-order valence-corrected chi connectivity index (χ0v) is 15.9. The molecule has 0 saturated heterocycles. The van der Waals surface area contributed by atoms with Gasteiger partial charge in [0.15, 0.2) is 0 Å². The minimum atomic E-state index is -0.510. The van der Waals surface area contributed by atoms with Crippen LogP contribution >= 0.6 is 11.3 Å². The largest absolute Gasteiger partial charge is 0.352 e. The summed E-state index contributed by atoms with van der Waals surface area (Å²) in [6.07, 6.45) is 0.663. The van der Waals surface area contributed by atoms with E-state index in [-0.39, 0.29) is 17.2 Å². The first-order valence-corrected chi connectivity index (χ1v) is 9.31. The van der Waals surface area contributed by atoms with E-state index in [0.717, 1.165) is 21.1 Å². The predicted molar refractivity (Wildman–Crippen MR) is 106 cm³/mol. The van der Waals surface area contributed by atoms with E-state index in [2.05, 4.69) is 34.6 Å². The highest BCUT2D eigenvalue weighted by Gasteiger charge is 2.13. The number of aryl methyl sites for hydroxylation is 2. The van der Waals surface area contributed by atoms with Crippen LogP contribution in [0.5, 0.6) is 0 Å². The zero-order valence-electron chi connectivity index (χ0n) is 15.1. The highest BCUT2D eigenvalue weighted by Crippen LogP contribution is 2.28. The topological polar surface area (TPSA) is 85.1 Å². The molecular formula is C20H19N3O3S. The van der Waals surface area contributed by atoms with Crippen LogP contribution in [-0.2, 0) is 6.42 Å². The molecule has 0 saturated carbocycles. The Balaban J connectivity index is 1.62. The number of carbonyl (C=O) groups excluding carboxylic acids is 1. The molecule has 1 N–H and O–H groups in total. The van der Waals surface area contributed by atoms with Crippen molar-refractivity contribution in [2.45, 2.75) is 20.3 Å². The molecule has 1 aromatic heterocycles. The number of carbonyl (C=O) groups is 1. The second-order valence-electron chi connectivity index (χ2n) is 6.21. The third kappa shape index (κ3) is 4.57. The van der Waals surface area contributed by atoms with Crippen LogP contribution in [0, 0.1) is 24.0 Å². The summed E-state index contributed by atoms with van der Waals surface area (Å²) in [5.41, 5.74) is 3.44. The summed E-state index contributed by atoms with van der Waals surface area (Å²) in [5.74, 6) is -0.320. The maximum absolute atomic E-state index is 12.2. The quantitative estimate of drug-likeness (QED) is 0.509. The second-order valence-corrected chi connectivity index (χ2v) is 7.29. The van der Waals surface area contributed by atoms with E-state index in [4.69, 9.17) is 0 Å². The molecule has 7 heteroatoms. The van der Waals surface area contributed by atoms with Gasteiger partial charge in [-0.25, -0.2) is 4.98 Å². The highest BCUT2D eigenvalue weighted by molar-refractivity contribution is 7.15. The molecule has 1 heterocycles. The van der Waals surface area contributed by atoms with Gasteiger partial charge in [-0.1, -0.05) is 35.9 Å². The number of nitro benzene ring substituents is 1. The third-order valence-electron chi connectivity index (χ3n) is 4.15. The monoisotopic (exact) mass is 381 g/mol. The zero-order chi connectivity index (χ0) is 19.4. The van der Waals surface area contributed by atoms with Crippen LogP contribution in [0.2, 0.25) is 0 Å². The Morgan fingerprint density at radius 1 is 1.19 bits per heavy atom. The highest BCUT2D eigenvalue weighted by atomic mass is 32.1. The molecule has 27 heavy (non-hydrogen) atoms. The Bertz CT molecular complexity index is 980. The molecule has 6 nitrogen and oxygen atoms in total. The summed E-state index contributed by atoms with van der Waals surface area (Å²) >= 11 is 1.62. The van der Waals surface area contributed by atoms with Crippen LogP contribution in [0.4, 0.5) is 5.69 Å². The van der Waals surface area contributed by atoms with Crippen LogP contribution < -0.4 is 5.32 Å². The normalized spacial score (nSPS) is 10.6. The lowest BCUT2D eigenvalue weighted by atomic mass is 10.2. The van der Waals surface area contributed by atoms with Gasteiger partial charge in [-0.05, 0) is 19.9 Å². The summed E-state index contributed by atoms with van der Waals surface area (Å²) in [7, 11) is 0. The molecule has 0 bridgehead atoms. The third-order valence-corrected chi connectivity index (χ3v) is 5.41. The summed E-state index contributed by atoms with van der Waals surface area (Å²) in [5, 5.41) is 14.6. The lowest BCUT2D eigenvalue weighted by molar-refractivity contribution is -0.384. The molecule has 0 unspecified atom stereocenters. The van der Waals surface area contributed by atoms with E-state index >= 15 is 0 Å². The summed E-state index contributed by atoms with van der Waals surface area (Å²) in [4.78, 5) is 28.3. The first kappa shape index (κ1) is 18.7. The van der Waals surface area contributed by atoms with Crippen molar-refractivity contribution in [3.05, 3.63) is 80.3 Å². The van der Waals surface area contributed by atoms with Crippen LogP contribution in [-0.4, -0.2) is 22.4 Å². The summed E-state index contributed by atoms with van der Waals surface area (Å²) < 4.78 is 0. The van der Waals surface area contributed by atoms with E-state index in [1.165, 1.54) is 23.8 Å². The maximum Gasteiger partial charge on any atom is 0.270 e. The number of non-ortho nitro benzene ring substituents is 1. The van der Waals surface area contributed by atoms with Crippen LogP contribution in [0.3, 0.4) is 0 Å². The number of nitrogens with zero attached hydrogens (tertiary/aromatic N) is 2. The van der Waals surface area contributed by atoms with Crippen molar-refractivity contribution < 1.29 is 9.72 Å². The molecule has 0 aliphatic heterocycles. The number of thiazole rings is 1. The van der Waals surface area contributed by atoms with E-state index in [9.17, 15) is 14.9 Å². The molecule has 0 radical (unpaired) electrons. The molecule has 0 aliphatic rings. The first-order chi connectivity index (χ1) is 12.9. The molecule has 0 fully saturated rings. The minimum absolute atomic E-state index is 0.0938. The fraction of sp³-hybridized carbons (Fsp3) is 0.200. The van der Waals surface area contributed by atoms with Gasteiger partial charge in [0.05, 0.1) is 10.6 Å². The summed E-state index contributed by atoms with van der Waals surface area (Å²) in [6, 6.07) is 14.0. The molecule has 3 aromatic rings.